The summed E-state index contributed by atoms with van der Waals surface area (Å²) >= 11 is 1.32. The van der Waals surface area contributed by atoms with E-state index in [9.17, 15) is 0 Å². The Morgan fingerprint density at radius 2 is 1.75 bits per heavy atom. The monoisotopic (exact) mass is 181 g/mol. The summed E-state index contributed by atoms with van der Waals surface area (Å²) in [5.74, 6) is 0. The van der Waals surface area contributed by atoms with E-state index in [4.69, 9.17) is 5.14 Å². The van der Waals surface area contributed by atoms with Crippen molar-refractivity contribution in [2.24, 2.45) is 5.14 Å². The van der Waals surface area contributed by atoms with Gasteiger partial charge < -0.3 is 0 Å². The first kappa shape index (κ1) is 9.62. The Morgan fingerprint density at radius 3 is 2.17 bits per heavy atom. The van der Waals surface area contributed by atoms with Crippen LogP contribution in [0.25, 0.3) is 0 Å². The summed E-state index contributed by atoms with van der Waals surface area (Å²) in [6, 6.07) is 8.27. The van der Waals surface area contributed by atoms with Gasteiger partial charge in [0.05, 0.1) is 0 Å². The molecule has 0 saturated heterocycles. The van der Waals surface area contributed by atoms with Crippen molar-refractivity contribution in [2.75, 3.05) is 0 Å². The maximum Gasteiger partial charge on any atom is 0.0263 e. The van der Waals surface area contributed by atoms with Crippen molar-refractivity contribution in [3.63, 3.8) is 0 Å². The number of rotatable bonds is 1. The highest BCUT2D eigenvalue weighted by Gasteiger charge is 2.16. The molecule has 0 saturated carbocycles. The summed E-state index contributed by atoms with van der Waals surface area (Å²) in [6.07, 6.45) is 0. The van der Waals surface area contributed by atoms with Gasteiger partial charge >= 0.3 is 0 Å². The predicted octanol–water partition coefficient (Wildman–Crippen LogP) is 2.95. The zero-order chi connectivity index (χ0) is 9.19. The van der Waals surface area contributed by atoms with E-state index in [-0.39, 0.29) is 5.41 Å². The molecular weight excluding hydrogens is 166 g/mol. The lowest BCUT2D eigenvalue weighted by Crippen LogP contribution is -2.12. The Bertz CT molecular complexity index is 263. The molecule has 0 aromatic heterocycles. The predicted molar refractivity (Wildman–Crippen MR) is 55.2 cm³/mol. The summed E-state index contributed by atoms with van der Waals surface area (Å²) in [6.45, 7) is 6.59. The lowest BCUT2D eigenvalue weighted by Gasteiger charge is -2.21. The van der Waals surface area contributed by atoms with Gasteiger partial charge in [-0.25, -0.2) is 0 Å². The molecule has 1 aromatic carbocycles. The van der Waals surface area contributed by atoms with Gasteiger partial charge in [-0.15, -0.1) is 0 Å². The van der Waals surface area contributed by atoms with E-state index in [0.29, 0.717) is 0 Å². The Balaban J connectivity index is 3.14. The molecule has 12 heavy (non-hydrogen) atoms. The number of hydrogen-bond acceptors (Lipinski definition) is 2. The normalized spacial score (nSPS) is 11.7. The van der Waals surface area contributed by atoms with Crippen LogP contribution < -0.4 is 5.14 Å². The molecule has 1 aromatic rings. The Morgan fingerprint density at radius 1 is 1.17 bits per heavy atom. The topological polar surface area (TPSA) is 26.0 Å². The van der Waals surface area contributed by atoms with E-state index in [1.165, 1.54) is 22.4 Å². The summed E-state index contributed by atoms with van der Waals surface area (Å²) in [4.78, 5) is 1.17. The zero-order valence-corrected chi connectivity index (χ0v) is 8.61. The molecule has 0 spiro atoms. The Kier molecular flexibility index (Phi) is 2.80. The molecule has 0 unspecified atom stereocenters. The van der Waals surface area contributed by atoms with Gasteiger partial charge in [0, 0.05) is 4.90 Å². The fourth-order valence-electron chi connectivity index (χ4n) is 1.19. The molecule has 0 bridgehead atoms. The number of hydrogen-bond donors (Lipinski definition) is 1. The Hall–Kier alpha value is -0.470. The van der Waals surface area contributed by atoms with Crippen molar-refractivity contribution < 1.29 is 0 Å². The van der Waals surface area contributed by atoms with Crippen LogP contribution in [0, 0.1) is 0 Å². The zero-order valence-electron chi connectivity index (χ0n) is 7.79. The highest BCUT2D eigenvalue weighted by atomic mass is 32.2. The second kappa shape index (κ2) is 3.50. The lowest BCUT2D eigenvalue weighted by molar-refractivity contribution is 0.578. The van der Waals surface area contributed by atoms with E-state index < -0.39 is 0 Å². The van der Waals surface area contributed by atoms with E-state index >= 15 is 0 Å². The number of benzene rings is 1. The standard InChI is InChI=1S/C10H15NS/c1-10(2,3)8-6-4-5-7-9(8)12-11/h4-7H,11H2,1-3H3. The fourth-order valence-corrected chi connectivity index (χ4v) is 1.85. The number of nitrogens with two attached hydrogens (primary N) is 1. The van der Waals surface area contributed by atoms with Gasteiger partial charge in [0.2, 0.25) is 0 Å². The van der Waals surface area contributed by atoms with Crippen LogP contribution in [-0.4, -0.2) is 0 Å². The molecule has 1 nitrogen and oxygen atoms in total. The summed E-state index contributed by atoms with van der Waals surface area (Å²) < 4.78 is 0. The lowest BCUT2D eigenvalue weighted by atomic mass is 9.87. The molecule has 0 radical (unpaired) electrons. The molecule has 0 heterocycles. The van der Waals surface area contributed by atoms with Crippen molar-refractivity contribution in [3.05, 3.63) is 29.8 Å². The summed E-state index contributed by atoms with van der Waals surface area (Å²) in [5, 5.41) is 5.56. The molecule has 0 aliphatic rings. The van der Waals surface area contributed by atoms with Gasteiger partial charge in [-0.1, -0.05) is 39.0 Å². The first-order valence-corrected chi connectivity index (χ1v) is 4.90. The molecule has 0 aliphatic carbocycles. The van der Waals surface area contributed by atoms with Crippen LogP contribution in [0.3, 0.4) is 0 Å². The quantitative estimate of drug-likeness (QED) is 0.674. The molecule has 0 atom stereocenters. The molecule has 0 amide bonds. The van der Waals surface area contributed by atoms with Crippen molar-refractivity contribution >= 4 is 11.9 Å². The molecule has 0 fully saturated rings. The van der Waals surface area contributed by atoms with E-state index in [1.54, 1.807) is 0 Å². The SMILES string of the molecule is CC(C)(C)c1ccccc1SN. The van der Waals surface area contributed by atoms with Gasteiger partial charge in [0.25, 0.3) is 0 Å². The third-order valence-corrected chi connectivity index (χ3v) is 2.43. The Labute approximate surface area is 78.5 Å². The van der Waals surface area contributed by atoms with Crippen LogP contribution in [0.1, 0.15) is 26.3 Å². The van der Waals surface area contributed by atoms with Gasteiger partial charge in [-0.2, -0.15) is 0 Å². The van der Waals surface area contributed by atoms with Crippen molar-refractivity contribution in [1.29, 1.82) is 0 Å². The van der Waals surface area contributed by atoms with Crippen molar-refractivity contribution in [1.82, 2.24) is 0 Å². The van der Waals surface area contributed by atoms with Gasteiger partial charge in [-0.05, 0) is 29.0 Å². The van der Waals surface area contributed by atoms with Crippen molar-refractivity contribution in [2.45, 2.75) is 31.1 Å². The first-order chi connectivity index (χ1) is 5.55. The largest absolute Gasteiger partial charge is 0.274 e. The maximum absolute atomic E-state index is 5.56. The van der Waals surface area contributed by atoms with Crippen molar-refractivity contribution in [3.8, 4) is 0 Å². The highest BCUT2D eigenvalue weighted by molar-refractivity contribution is 7.97. The first-order valence-electron chi connectivity index (χ1n) is 4.02. The minimum atomic E-state index is 0.183. The highest BCUT2D eigenvalue weighted by Crippen LogP contribution is 2.29. The van der Waals surface area contributed by atoms with E-state index in [0.717, 1.165) is 0 Å². The van der Waals surface area contributed by atoms with Gasteiger partial charge in [0.1, 0.15) is 0 Å². The average molecular weight is 181 g/mol. The molecule has 66 valence electrons. The van der Waals surface area contributed by atoms with Crippen LogP contribution in [0.2, 0.25) is 0 Å². The van der Waals surface area contributed by atoms with Crippen LogP contribution in [0.4, 0.5) is 0 Å². The maximum atomic E-state index is 5.56. The minimum Gasteiger partial charge on any atom is -0.274 e. The molecular formula is C10H15NS. The van der Waals surface area contributed by atoms with Crippen LogP contribution in [-0.2, 0) is 5.41 Å². The van der Waals surface area contributed by atoms with Crippen LogP contribution in [0.5, 0.6) is 0 Å². The second-order valence-corrected chi connectivity index (χ2v) is 4.54. The third-order valence-electron chi connectivity index (χ3n) is 1.82. The summed E-state index contributed by atoms with van der Waals surface area (Å²) in [7, 11) is 0. The second-order valence-electron chi connectivity index (χ2n) is 3.86. The average Bonchev–Trinajstić information content (AvgIpc) is 2.03. The molecule has 2 heteroatoms. The molecule has 0 aliphatic heterocycles. The van der Waals surface area contributed by atoms with Gasteiger partial charge in [-0.3, -0.25) is 5.14 Å². The van der Waals surface area contributed by atoms with E-state index in [2.05, 4.69) is 39.0 Å². The van der Waals surface area contributed by atoms with E-state index in [1.807, 2.05) is 6.07 Å². The van der Waals surface area contributed by atoms with Crippen LogP contribution >= 0.6 is 11.9 Å². The minimum absolute atomic E-state index is 0.183. The summed E-state index contributed by atoms with van der Waals surface area (Å²) in [5.41, 5.74) is 1.50. The smallest absolute Gasteiger partial charge is 0.0263 e. The fraction of sp³-hybridized carbons (Fsp3) is 0.400. The molecule has 1 rings (SSSR count). The van der Waals surface area contributed by atoms with Crippen LogP contribution in [0.15, 0.2) is 29.2 Å². The van der Waals surface area contributed by atoms with Gasteiger partial charge in [0.15, 0.2) is 0 Å². The third kappa shape index (κ3) is 2.02. The molecule has 2 N–H and O–H groups in total.